The Labute approximate surface area is 149 Å². The largest absolute Gasteiger partial charge is 0.462 e. The van der Waals surface area contributed by atoms with Gasteiger partial charge in [-0.25, -0.2) is 0 Å². The van der Waals surface area contributed by atoms with E-state index in [2.05, 4.69) is 41.5 Å². The molecule has 0 aromatic carbocycles. The minimum Gasteiger partial charge on any atom is -0.462 e. The predicted molar refractivity (Wildman–Crippen MR) is 98.6 cm³/mol. The predicted octanol–water partition coefficient (Wildman–Crippen LogP) is 5.84. The molecule has 4 aliphatic carbocycles. The highest BCUT2D eigenvalue weighted by Crippen LogP contribution is 2.64. The highest BCUT2D eigenvalue weighted by molar-refractivity contribution is 5.78. The molecule has 24 heavy (non-hydrogen) atoms. The van der Waals surface area contributed by atoms with E-state index in [4.69, 9.17) is 4.74 Å². The molecule has 0 amide bonds. The lowest BCUT2D eigenvalue weighted by molar-refractivity contribution is -0.193. The van der Waals surface area contributed by atoms with E-state index >= 15 is 0 Å². The summed E-state index contributed by atoms with van der Waals surface area (Å²) in [5.41, 5.74) is 0.0249. The lowest BCUT2D eigenvalue weighted by atomic mass is 9.44. The van der Waals surface area contributed by atoms with Gasteiger partial charge >= 0.3 is 5.97 Å². The van der Waals surface area contributed by atoms with E-state index in [1.54, 1.807) is 0 Å². The number of ether oxygens (including phenoxy) is 1. The Morgan fingerprint density at radius 2 is 1.54 bits per heavy atom. The first-order valence-corrected chi connectivity index (χ1v) is 10.4. The molecule has 0 N–H and O–H groups in total. The normalized spacial score (nSPS) is 39.3. The van der Waals surface area contributed by atoms with Crippen molar-refractivity contribution in [3.8, 4) is 0 Å². The topological polar surface area (TPSA) is 26.3 Å². The average Bonchev–Trinajstić information content (AvgIpc) is 2.44. The third-order valence-corrected chi connectivity index (χ3v) is 7.38. The van der Waals surface area contributed by atoms with Crippen LogP contribution in [0.2, 0.25) is 0 Å². The second-order valence-corrected chi connectivity index (χ2v) is 10.7. The Balaban J connectivity index is 1.79. The van der Waals surface area contributed by atoms with Crippen molar-refractivity contribution in [2.45, 2.75) is 92.6 Å². The summed E-state index contributed by atoms with van der Waals surface area (Å²) < 4.78 is 6.27. The first kappa shape index (κ1) is 18.3. The number of esters is 1. The van der Waals surface area contributed by atoms with Gasteiger partial charge < -0.3 is 4.74 Å². The van der Waals surface area contributed by atoms with E-state index in [-0.39, 0.29) is 22.9 Å². The molecular formula is C22H38O2. The summed E-state index contributed by atoms with van der Waals surface area (Å²) in [4.78, 5) is 13.5. The maximum atomic E-state index is 13.5. The first-order chi connectivity index (χ1) is 11.2. The van der Waals surface area contributed by atoms with E-state index in [0.29, 0.717) is 17.8 Å². The first-order valence-electron chi connectivity index (χ1n) is 10.4. The molecule has 138 valence electrons. The van der Waals surface area contributed by atoms with E-state index in [1.165, 1.54) is 32.1 Å². The molecule has 4 bridgehead atoms. The van der Waals surface area contributed by atoms with Crippen LogP contribution < -0.4 is 0 Å². The van der Waals surface area contributed by atoms with Gasteiger partial charge in [0, 0.05) is 0 Å². The van der Waals surface area contributed by atoms with E-state index in [9.17, 15) is 4.79 Å². The number of hydrogen-bond acceptors (Lipinski definition) is 2. The van der Waals surface area contributed by atoms with Crippen molar-refractivity contribution in [3.63, 3.8) is 0 Å². The summed E-state index contributed by atoms with van der Waals surface area (Å²) in [6, 6.07) is 0. The van der Waals surface area contributed by atoms with Gasteiger partial charge in [0.2, 0.25) is 0 Å². The van der Waals surface area contributed by atoms with Crippen LogP contribution in [0.5, 0.6) is 0 Å². The summed E-state index contributed by atoms with van der Waals surface area (Å²) in [6.07, 6.45) is 8.53. The zero-order valence-electron chi connectivity index (χ0n) is 16.7. The number of rotatable bonds is 5. The van der Waals surface area contributed by atoms with Gasteiger partial charge in [-0.15, -0.1) is 0 Å². The fourth-order valence-electron chi connectivity index (χ4n) is 6.34. The molecule has 2 heteroatoms. The highest BCUT2D eigenvalue weighted by Gasteiger charge is 2.61. The Morgan fingerprint density at radius 1 is 1.04 bits per heavy atom. The summed E-state index contributed by atoms with van der Waals surface area (Å²) >= 11 is 0. The van der Waals surface area contributed by atoms with Gasteiger partial charge in [0.25, 0.3) is 0 Å². The van der Waals surface area contributed by atoms with Crippen molar-refractivity contribution in [1.82, 2.24) is 0 Å². The maximum absolute atomic E-state index is 13.5. The van der Waals surface area contributed by atoms with Crippen LogP contribution >= 0.6 is 0 Å². The molecule has 0 radical (unpaired) electrons. The van der Waals surface area contributed by atoms with Gasteiger partial charge in [-0.05, 0) is 80.0 Å². The third kappa shape index (κ3) is 3.15. The van der Waals surface area contributed by atoms with Gasteiger partial charge in [0.1, 0.15) is 6.10 Å². The molecule has 0 heterocycles. The smallest absolute Gasteiger partial charge is 0.312 e. The van der Waals surface area contributed by atoms with Gasteiger partial charge in [0.15, 0.2) is 0 Å². The second kappa shape index (κ2) is 6.32. The molecule has 0 spiro atoms. The molecule has 2 nitrogen and oxygen atoms in total. The fourth-order valence-corrected chi connectivity index (χ4v) is 6.34. The van der Waals surface area contributed by atoms with Gasteiger partial charge in [-0.1, -0.05) is 41.5 Å². The molecule has 1 unspecified atom stereocenters. The Hall–Kier alpha value is -0.530. The van der Waals surface area contributed by atoms with Crippen LogP contribution in [0.4, 0.5) is 0 Å². The van der Waals surface area contributed by atoms with E-state index in [0.717, 1.165) is 24.7 Å². The third-order valence-electron chi connectivity index (χ3n) is 7.38. The zero-order chi connectivity index (χ0) is 17.7. The molecule has 0 aliphatic heterocycles. The van der Waals surface area contributed by atoms with Crippen molar-refractivity contribution < 1.29 is 9.53 Å². The summed E-state index contributed by atoms with van der Waals surface area (Å²) in [6.45, 7) is 13.4. The molecule has 0 aromatic heterocycles. The van der Waals surface area contributed by atoms with Crippen LogP contribution in [0, 0.1) is 40.4 Å². The van der Waals surface area contributed by atoms with Crippen LogP contribution in [-0.4, -0.2) is 12.1 Å². The SMILES string of the molecule is CCC1(C(=O)OC(CC(C)(C)C)C(C)C)C2CC3CC(C2)CC1C3. The highest BCUT2D eigenvalue weighted by atomic mass is 16.5. The Kier molecular flexibility index (Phi) is 4.81. The molecule has 4 rings (SSSR count). The summed E-state index contributed by atoms with van der Waals surface area (Å²) in [5.74, 6) is 3.52. The van der Waals surface area contributed by atoms with Crippen molar-refractivity contribution in [3.05, 3.63) is 0 Å². The molecule has 4 fully saturated rings. The van der Waals surface area contributed by atoms with E-state index in [1.807, 2.05) is 0 Å². The average molecular weight is 335 g/mol. The van der Waals surface area contributed by atoms with Crippen molar-refractivity contribution in [2.75, 3.05) is 0 Å². The molecule has 1 atom stereocenters. The Bertz CT molecular complexity index is 443. The van der Waals surface area contributed by atoms with Crippen molar-refractivity contribution in [1.29, 1.82) is 0 Å². The molecule has 4 saturated carbocycles. The molecule has 0 aromatic rings. The van der Waals surface area contributed by atoms with Gasteiger partial charge in [0.05, 0.1) is 5.41 Å². The maximum Gasteiger partial charge on any atom is 0.312 e. The minimum absolute atomic E-state index is 0.0538. The lowest BCUT2D eigenvalue weighted by Crippen LogP contribution is -2.57. The van der Waals surface area contributed by atoms with Gasteiger partial charge in [-0.2, -0.15) is 0 Å². The van der Waals surface area contributed by atoms with Crippen LogP contribution in [0.3, 0.4) is 0 Å². The monoisotopic (exact) mass is 334 g/mol. The minimum atomic E-state index is -0.168. The van der Waals surface area contributed by atoms with Crippen LogP contribution in [0.1, 0.15) is 86.5 Å². The summed E-state index contributed by atoms with van der Waals surface area (Å²) in [5, 5.41) is 0. The summed E-state index contributed by atoms with van der Waals surface area (Å²) in [7, 11) is 0. The molecule has 4 aliphatic rings. The lowest BCUT2D eigenvalue weighted by Gasteiger charge is -2.60. The van der Waals surface area contributed by atoms with Crippen LogP contribution in [-0.2, 0) is 9.53 Å². The number of hydrogen-bond donors (Lipinski definition) is 0. The quantitative estimate of drug-likeness (QED) is 0.590. The number of carbonyl (C=O) groups is 1. The molecule has 0 saturated heterocycles. The number of carbonyl (C=O) groups excluding carboxylic acids is 1. The van der Waals surface area contributed by atoms with Crippen LogP contribution in [0.25, 0.3) is 0 Å². The Morgan fingerprint density at radius 3 is 1.92 bits per heavy atom. The molecular weight excluding hydrogens is 296 g/mol. The standard InChI is InChI=1S/C22H38O2/c1-7-22(17-9-15-8-16(11-17)12-18(22)10-15)20(23)24-19(14(2)3)13-21(4,5)6/h14-19H,7-13H2,1-6H3. The zero-order valence-corrected chi connectivity index (χ0v) is 16.7. The van der Waals surface area contributed by atoms with Crippen LogP contribution in [0.15, 0.2) is 0 Å². The van der Waals surface area contributed by atoms with Gasteiger partial charge in [-0.3, -0.25) is 4.79 Å². The van der Waals surface area contributed by atoms with Crippen molar-refractivity contribution in [2.24, 2.45) is 40.4 Å². The van der Waals surface area contributed by atoms with E-state index < -0.39 is 0 Å². The fraction of sp³-hybridized carbons (Fsp3) is 0.955. The van der Waals surface area contributed by atoms with Crippen molar-refractivity contribution >= 4 is 5.97 Å². The second-order valence-electron chi connectivity index (χ2n) is 10.7.